The van der Waals surface area contributed by atoms with E-state index in [2.05, 4.69) is 21.5 Å². The minimum atomic E-state index is 0.708. The zero-order chi connectivity index (χ0) is 14.7. The molecule has 21 heavy (non-hydrogen) atoms. The third kappa shape index (κ3) is 2.87. The Morgan fingerprint density at radius 3 is 2.81 bits per heavy atom. The van der Waals surface area contributed by atoms with Gasteiger partial charge in [-0.3, -0.25) is 4.68 Å². The Morgan fingerprint density at radius 2 is 2.05 bits per heavy atom. The highest BCUT2D eigenvalue weighted by Gasteiger charge is 2.04. The fourth-order valence-electron chi connectivity index (χ4n) is 2.32. The van der Waals surface area contributed by atoms with Crippen LogP contribution in [0, 0.1) is 0 Å². The highest BCUT2D eigenvalue weighted by atomic mass is 16.5. The molecule has 0 spiro atoms. The molecular weight excluding hydrogens is 264 g/mol. The molecule has 1 N–H and O–H groups in total. The number of rotatable bonds is 5. The van der Waals surface area contributed by atoms with Crippen molar-refractivity contribution in [3.63, 3.8) is 0 Å². The Bertz CT molecular complexity index is 751. The molecule has 0 unspecified atom stereocenters. The number of aromatic nitrogens is 3. The van der Waals surface area contributed by atoms with Crippen LogP contribution in [0.4, 0.5) is 0 Å². The van der Waals surface area contributed by atoms with Gasteiger partial charge in [0.25, 0.3) is 0 Å². The van der Waals surface area contributed by atoms with Crippen LogP contribution < -0.4 is 10.1 Å². The first kappa shape index (κ1) is 13.6. The maximum Gasteiger partial charge on any atom is 0.145 e. The van der Waals surface area contributed by atoms with E-state index < -0.39 is 0 Å². The first-order valence-corrected chi connectivity index (χ1v) is 6.88. The molecule has 0 aliphatic heterocycles. The van der Waals surface area contributed by atoms with Crippen molar-refractivity contribution in [1.82, 2.24) is 20.1 Å². The van der Waals surface area contributed by atoms with E-state index in [0.29, 0.717) is 6.54 Å². The Kier molecular flexibility index (Phi) is 3.83. The highest BCUT2D eigenvalue weighted by molar-refractivity contribution is 5.84. The summed E-state index contributed by atoms with van der Waals surface area (Å²) >= 11 is 0. The number of hydrogen-bond donors (Lipinski definition) is 1. The number of para-hydroxylation sites is 1. The van der Waals surface area contributed by atoms with Gasteiger partial charge in [0.05, 0.1) is 18.5 Å². The van der Waals surface area contributed by atoms with Crippen LogP contribution >= 0.6 is 0 Å². The predicted octanol–water partition coefficient (Wildman–Crippen LogP) is 2.27. The Hall–Kier alpha value is -2.40. The zero-order valence-electron chi connectivity index (χ0n) is 12.2. The van der Waals surface area contributed by atoms with Crippen LogP contribution in [0.1, 0.15) is 11.4 Å². The van der Waals surface area contributed by atoms with Gasteiger partial charge in [0.1, 0.15) is 11.3 Å². The van der Waals surface area contributed by atoms with E-state index in [1.807, 2.05) is 42.1 Å². The van der Waals surface area contributed by atoms with Gasteiger partial charge < -0.3 is 10.1 Å². The van der Waals surface area contributed by atoms with E-state index in [0.717, 1.165) is 34.6 Å². The Balaban J connectivity index is 1.74. The smallest absolute Gasteiger partial charge is 0.145 e. The van der Waals surface area contributed by atoms with Crippen LogP contribution in [0.25, 0.3) is 10.9 Å². The van der Waals surface area contributed by atoms with Gasteiger partial charge in [-0.2, -0.15) is 5.10 Å². The molecule has 0 fully saturated rings. The number of fused-ring (bicyclic) bond motifs is 1. The average Bonchev–Trinajstić information content (AvgIpc) is 2.92. The third-order valence-electron chi connectivity index (χ3n) is 3.50. The molecule has 0 saturated carbocycles. The molecule has 0 aliphatic carbocycles. The van der Waals surface area contributed by atoms with Crippen molar-refractivity contribution in [3.8, 4) is 5.75 Å². The fraction of sp³-hybridized carbons (Fsp3) is 0.250. The minimum Gasteiger partial charge on any atom is -0.494 e. The monoisotopic (exact) mass is 282 g/mol. The van der Waals surface area contributed by atoms with Crippen molar-refractivity contribution in [2.24, 2.45) is 7.05 Å². The summed E-state index contributed by atoms with van der Waals surface area (Å²) in [6, 6.07) is 12.1. The van der Waals surface area contributed by atoms with E-state index in [1.54, 1.807) is 13.3 Å². The number of methoxy groups -OCH3 is 1. The Labute approximate surface area is 123 Å². The molecule has 108 valence electrons. The van der Waals surface area contributed by atoms with Crippen molar-refractivity contribution in [2.45, 2.75) is 13.1 Å². The normalized spacial score (nSPS) is 11.0. The predicted molar refractivity (Wildman–Crippen MR) is 82.0 cm³/mol. The molecule has 0 atom stereocenters. The van der Waals surface area contributed by atoms with Gasteiger partial charge in [0, 0.05) is 31.7 Å². The summed E-state index contributed by atoms with van der Waals surface area (Å²) < 4.78 is 7.23. The lowest BCUT2D eigenvalue weighted by Gasteiger charge is -2.08. The van der Waals surface area contributed by atoms with Gasteiger partial charge >= 0.3 is 0 Å². The van der Waals surface area contributed by atoms with Crippen molar-refractivity contribution >= 4 is 10.9 Å². The SMILES string of the molecule is COc1cccc2ccc(CNCc3ccnn3C)nc12. The van der Waals surface area contributed by atoms with Gasteiger partial charge in [-0.1, -0.05) is 18.2 Å². The van der Waals surface area contributed by atoms with E-state index in [4.69, 9.17) is 4.74 Å². The summed E-state index contributed by atoms with van der Waals surface area (Å²) in [6.45, 7) is 1.47. The summed E-state index contributed by atoms with van der Waals surface area (Å²) in [5.74, 6) is 0.806. The number of pyridine rings is 1. The van der Waals surface area contributed by atoms with Crippen LogP contribution in [-0.4, -0.2) is 21.9 Å². The second-order valence-electron chi connectivity index (χ2n) is 4.88. The minimum absolute atomic E-state index is 0.708. The number of nitrogens with one attached hydrogen (secondary N) is 1. The molecule has 1 aromatic carbocycles. The molecule has 0 bridgehead atoms. The molecule has 2 aromatic heterocycles. The van der Waals surface area contributed by atoms with Gasteiger partial charge in [-0.05, 0) is 18.2 Å². The molecule has 3 aromatic rings. The number of aryl methyl sites for hydroxylation is 1. The molecule has 2 heterocycles. The van der Waals surface area contributed by atoms with Crippen molar-refractivity contribution in [2.75, 3.05) is 7.11 Å². The molecule has 0 radical (unpaired) electrons. The quantitative estimate of drug-likeness (QED) is 0.780. The fourth-order valence-corrected chi connectivity index (χ4v) is 2.32. The van der Waals surface area contributed by atoms with E-state index in [1.165, 1.54) is 0 Å². The first-order valence-electron chi connectivity index (χ1n) is 6.88. The van der Waals surface area contributed by atoms with Gasteiger partial charge in [0.2, 0.25) is 0 Å². The standard InChI is InChI=1S/C16H18N4O/c1-20-14(8-9-18-20)11-17-10-13-7-6-12-4-3-5-15(21-2)16(12)19-13/h3-9,17H,10-11H2,1-2H3. The van der Waals surface area contributed by atoms with E-state index in [-0.39, 0.29) is 0 Å². The summed E-state index contributed by atoms with van der Waals surface area (Å²) in [7, 11) is 3.61. The first-order chi connectivity index (χ1) is 10.3. The summed E-state index contributed by atoms with van der Waals surface area (Å²) in [5, 5.41) is 8.62. The summed E-state index contributed by atoms with van der Waals surface area (Å²) in [6.07, 6.45) is 1.80. The van der Waals surface area contributed by atoms with Crippen molar-refractivity contribution in [3.05, 3.63) is 54.0 Å². The van der Waals surface area contributed by atoms with Gasteiger partial charge in [0.15, 0.2) is 0 Å². The molecule has 0 saturated heterocycles. The largest absolute Gasteiger partial charge is 0.494 e. The van der Waals surface area contributed by atoms with Gasteiger partial charge in [-0.15, -0.1) is 0 Å². The molecular formula is C16H18N4O. The highest BCUT2D eigenvalue weighted by Crippen LogP contribution is 2.23. The Morgan fingerprint density at radius 1 is 1.14 bits per heavy atom. The molecule has 5 heteroatoms. The number of nitrogens with zero attached hydrogens (tertiary/aromatic N) is 3. The lowest BCUT2D eigenvalue weighted by Crippen LogP contribution is -2.16. The van der Waals surface area contributed by atoms with Crippen LogP contribution in [0.15, 0.2) is 42.6 Å². The maximum absolute atomic E-state index is 5.37. The van der Waals surface area contributed by atoms with E-state index >= 15 is 0 Å². The number of benzene rings is 1. The van der Waals surface area contributed by atoms with Crippen molar-refractivity contribution in [1.29, 1.82) is 0 Å². The molecule has 0 aliphatic rings. The topological polar surface area (TPSA) is 52.0 Å². The van der Waals surface area contributed by atoms with Gasteiger partial charge in [-0.25, -0.2) is 4.98 Å². The van der Waals surface area contributed by atoms with Crippen LogP contribution in [0.3, 0.4) is 0 Å². The van der Waals surface area contributed by atoms with Crippen molar-refractivity contribution < 1.29 is 4.74 Å². The summed E-state index contributed by atoms with van der Waals surface area (Å²) in [5.41, 5.74) is 3.04. The number of hydrogen-bond acceptors (Lipinski definition) is 4. The van der Waals surface area contributed by atoms with E-state index in [9.17, 15) is 0 Å². The molecule has 5 nitrogen and oxygen atoms in total. The zero-order valence-corrected chi connectivity index (χ0v) is 12.2. The second kappa shape index (κ2) is 5.93. The molecule has 3 rings (SSSR count). The second-order valence-corrected chi connectivity index (χ2v) is 4.88. The lowest BCUT2D eigenvalue weighted by molar-refractivity contribution is 0.418. The van der Waals surface area contributed by atoms with Crippen LogP contribution in [0.2, 0.25) is 0 Å². The summed E-state index contributed by atoms with van der Waals surface area (Å²) in [4.78, 5) is 4.68. The van der Waals surface area contributed by atoms with Crippen LogP contribution in [0.5, 0.6) is 5.75 Å². The average molecular weight is 282 g/mol. The third-order valence-corrected chi connectivity index (χ3v) is 3.50. The maximum atomic E-state index is 5.37. The number of ether oxygens (including phenoxy) is 1. The lowest BCUT2D eigenvalue weighted by atomic mass is 10.2. The van der Waals surface area contributed by atoms with Crippen LogP contribution in [-0.2, 0) is 20.1 Å². The molecule has 0 amide bonds.